The Labute approximate surface area is 158 Å². The van der Waals surface area contributed by atoms with Gasteiger partial charge in [0.15, 0.2) is 11.9 Å². The summed E-state index contributed by atoms with van der Waals surface area (Å²) in [6.07, 6.45) is -1.95. The van der Waals surface area contributed by atoms with Crippen LogP contribution in [0, 0.1) is 0 Å². The number of carbonyl (C=O) groups excluding carboxylic acids is 3. The van der Waals surface area contributed by atoms with Crippen LogP contribution in [0.15, 0.2) is 12.1 Å². The Morgan fingerprint density at radius 1 is 1.11 bits per heavy atom. The van der Waals surface area contributed by atoms with Gasteiger partial charge < -0.3 is 25.4 Å². The lowest BCUT2D eigenvalue weighted by atomic mass is 9.95. The second-order valence-electron chi connectivity index (χ2n) is 6.32. The van der Waals surface area contributed by atoms with E-state index < -0.39 is 30.1 Å². The molecule has 28 heavy (non-hydrogen) atoms. The van der Waals surface area contributed by atoms with Crippen molar-refractivity contribution in [2.45, 2.75) is 39.0 Å². The lowest BCUT2D eigenvalue weighted by Crippen LogP contribution is -2.41. The molecule has 11 heteroatoms. The number of nitrogens with zero attached hydrogens (tertiary/aromatic N) is 3. The van der Waals surface area contributed by atoms with E-state index in [-0.39, 0.29) is 41.7 Å². The van der Waals surface area contributed by atoms with Gasteiger partial charge in [-0.25, -0.2) is 0 Å². The predicted octanol–water partition coefficient (Wildman–Crippen LogP) is -0.125. The topological polar surface area (TPSA) is 167 Å². The average Bonchev–Trinajstić information content (AvgIpc) is 2.94. The highest BCUT2D eigenvalue weighted by atomic mass is 16.6. The lowest BCUT2D eigenvalue weighted by Gasteiger charge is -2.30. The summed E-state index contributed by atoms with van der Waals surface area (Å²) < 4.78 is 11.9. The average molecular weight is 390 g/mol. The Kier molecular flexibility index (Phi) is 4.91. The third-order valence-corrected chi connectivity index (χ3v) is 4.21. The van der Waals surface area contributed by atoms with Crippen molar-refractivity contribution in [3.8, 4) is 22.9 Å². The van der Waals surface area contributed by atoms with E-state index in [1.807, 2.05) is 0 Å². The minimum Gasteiger partial charge on any atom is -0.508 e. The Morgan fingerprint density at radius 2 is 1.75 bits per heavy atom. The highest BCUT2D eigenvalue weighted by Gasteiger charge is 2.35. The number of fused-ring (bicyclic) bond motifs is 3. The highest BCUT2D eigenvalue weighted by Crippen LogP contribution is 2.38. The number of phenols is 2. The van der Waals surface area contributed by atoms with Crippen LogP contribution in [0.1, 0.15) is 30.0 Å². The molecule has 1 aliphatic rings. The number of nitrogens with two attached hydrogens (primary N) is 1. The first-order valence-electron chi connectivity index (χ1n) is 8.30. The summed E-state index contributed by atoms with van der Waals surface area (Å²) >= 11 is 0. The molecular formula is C17H18N4O7. The number of rotatable bonds is 3. The van der Waals surface area contributed by atoms with Crippen LogP contribution < -0.4 is 5.73 Å². The molecule has 2 unspecified atom stereocenters. The third kappa shape index (κ3) is 3.59. The van der Waals surface area contributed by atoms with E-state index in [4.69, 9.17) is 15.2 Å². The van der Waals surface area contributed by atoms with Crippen molar-refractivity contribution in [3.05, 3.63) is 23.5 Å². The Hall–Kier alpha value is -3.63. The maximum absolute atomic E-state index is 11.8. The van der Waals surface area contributed by atoms with Crippen LogP contribution in [-0.4, -0.2) is 55.0 Å². The fourth-order valence-corrected chi connectivity index (χ4v) is 3.23. The molecule has 0 radical (unpaired) electrons. The van der Waals surface area contributed by atoms with E-state index in [1.165, 1.54) is 24.5 Å². The van der Waals surface area contributed by atoms with E-state index in [0.717, 1.165) is 6.07 Å². The van der Waals surface area contributed by atoms with Gasteiger partial charge in [0, 0.05) is 26.3 Å². The number of hydrogen-bond donors (Lipinski definition) is 3. The van der Waals surface area contributed by atoms with Crippen molar-refractivity contribution in [2.75, 3.05) is 0 Å². The van der Waals surface area contributed by atoms with E-state index in [0.29, 0.717) is 5.56 Å². The van der Waals surface area contributed by atoms with Crippen LogP contribution in [0.5, 0.6) is 11.5 Å². The van der Waals surface area contributed by atoms with Gasteiger partial charge in [-0.05, 0) is 11.6 Å². The molecule has 1 aromatic carbocycles. The van der Waals surface area contributed by atoms with Crippen molar-refractivity contribution in [1.29, 1.82) is 0 Å². The monoisotopic (exact) mass is 390 g/mol. The summed E-state index contributed by atoms with van der Waals surface area (Å²) in [5, 5.41) is 28.0. The maximum Gasteiger partial charge on any atom is 0.303 e. The molecule has 0 saturated carbocycles. The summed E-state index contributed by atoms with van der Waals surface area (Å²) in [7, 11) is 0. The second-order valence-corrected chi connectivity index (χ2v) is 6.32. The summed E-state index contributed by atoms with van der Waals surface area (Å²) in [5.74, 6) is -2.81. The third-order valence-electron chi connectivity index (χ3n) is 4.21. The van der Waals surface area contributed by atoms with Gasteiger partial charge in [-0.1, -0.05) is 0 Å². The molecular weight excluding hydrogens is 372 g/mol. The van der Waals surface area contributed by atoms with Crippen LogP contribution in [0.25, 0.3) is 11.4 Å². The molecule has 11 nitrogen and oxygen atoms in total. The number of primary amides is 1. The van der Waals surface area contributed by atoms with E-state index in [1.54, 1.807) is 0 Å². The van der Waals surface area contributed by atoms with Crippen LogP contribution in [0.3, 0.4) is 0 Å². The minimum atomic E-state index is -0.994. The molecule has 1 aromatic heterocycles. The van der Waals surface area contributed by atoms with Crippen molar-refractivity contribution in [1.82, 2.24) is 14.8 Å². The lowest BCUT2D eigenvalue weighted by molar-refractivity contribution is -0.166. The van der Waals surface area contributed by atoms with Gasteiger partial charge in [0.05, 0.1) is 12.1 Å². The molecule has 0 spiro atoms. The van der Waals surface area contributed by atoms with Gasteiger partial charge in [-0.3, -0.25) is 19.0 Å². The Morgan fingerprint density at radius 3 is 2.36 bits per heavy atom. The van der Waals surface area contributed by atoms with Crippen molar-refractivity contribution < 1.29 is 34.1 Å². The number of phenolic OH excluding ortho intramolecular Hbond substituents is 2. The number of ether oxygens (including phenoxy) is 2. The summed E-state index contributed by atoms with van der Waals surface area (Å²) in [5.41, 5.74) is 5.90. The second kappa shape index (κ2) is 7.18. The predicted molar refractivity (Wildman–Crippen MR) is 92.1 cm³/mol. The van der Waals surface area contributed by atoms with E-state index >= 15 is 0 Å². The number of hydrogen-bond acceptors (Lipinski definition) is 9. The van der Waals surface area contributed by atoms with Gasteiger partial charge in [-0.2, -0.15) is 0 Å². The molecule has 4 N–H and O–H groups in total. The molecule has 0 bridgehead atoms. The molecule has 1 amide bonds. The number of carbonyl (C=O) groups is 3. The number of aromatic nitrogens is 3. The highest BCUT2D eigenvalue weighted by molar-refractivity contribution is 5.90. The molecule has 3 rings (SSSR count). The van der Waals surface area contributed by atoms with Crippen LogP contribution in [0.2, 0.25) is 0 Å². The molecule has 2 heterocycles. The molecule has 0 aliphatic carbocycles. The summed E-state index contributed by atoms with van der Waals surface area (Å²) in [4.78, 5) is 35.0. The summed E-state index contributed by atoms with van der Waals surface area (Å²) in [6.45, 7) is 2.25. The molecule has 2 atom stereocenters. The first-order chi connectivity index (χ1) is 13.2. The normalized spacial score (nSPS) is 18.2. The fourth-order valence-electron chi connectivity index (χ4n) is 3.23. The zero-order chi connectivity index (χ0) is 20.6. The van der Waals surface area contributed by atoms with Crippen molar-refractivity contribution >= 4 is 17.8 Å². The molecule has 148 valence electrons. The van der Waals surface area contributed by atoms with Gasteiger partial charge >= 0.3 is 11.9 Å². The van der Waals surface area contributed by atoms with Crippen molar-refractivity contribution in [2.24, 2.45) is 5.73 Å². The van der Waals surface area contributed by atoms with E-state index in [9.17, 15) is 24.6 Å². The largest absolute Gasteiger partial charge is 0.508 e. The zero-order valence-corrected chi connectivity index (χ0v) is 15.1. The van der Waals surface area contributed by atoms with Gasteiger partial charge in [0.2, 0.25) is 5.82 Å². The Balaban J connectivity index is 2.24. The fraction of sp³-hybridized carbons (Fsp3) is 0.353. The summed E-state index contributed by atoms with van der Waals surface area (Å²) in [6, 6.07) is 2.46. The van der Waals surface area contributed by atoms with Crippen LogP contribution in [-0.2, 0) is 32.0 Å². The number of aromatic hydroxyl groups is 2. The molecule has 1 aliphatic heterocycles. The first kappa shape index (κ1) is 19.1. The first-order valence-corrected chi connectivity index (χ1v) is 8.30. The van der Waals surface area contributed by atoms with Gasteiger partial charge in [0.25, 0.3) is 5.91 Å². The van der Waals surface area contributed by atoms with Gasteiger partial charge in [-0.15, -0.1) is 10.2 Å². The molecule has 0 fully saturated rings. The zero-order valence-electron chi connectivity index (χ0n) is 15.1. The number of benzene rings is 1. The van der Waals surface area contributed by atoms with Gasteiger partial charge in [0.1, 0.15) is 17.6 Å². The van der Waals surface area contributed by atoms with Crippen molar-refractivity contribution in [3.63, 3.8) is 0 Å². The standard InChI is InChI=1S/C17H18N4O7/c1-7(22)27-12-4-9-3-10(24)5-11(25)14(9)16-19-20-17(15(18)26)21(16)6-13(12)28-8(2)23/h3,5,12-13,24-25H,4,6H2,1-2H3,(H2,18,26). The number of esters is 2. The quantitative estimate of drug-likeness (QED) is 0.605. The maximum atomic E-state index is 11.8. The van der Waals surface area contributed by atoms with Crippen LogP contribution >= 0.6 is 0 Å². The Bertz CT molecular complexity index is 969. The van der Waals surface area contributed by atoms with E-state index in [2.05, 4.69) is 10.2 Å². The molecule has 2 aromatic rings. The SMILES string of the molecule is CC(=O)OC1Cc2cc(O)cc(O)c2-c2nnc(C(N)=O)n2CC1OC(C)=O. The minimum absolute atomic E-state index is 0.00752. The number of amides is 1. The molecule has 0 saturated heterocycles. The smallest absolute Gasteiger partial charge is 0.303 e. The van der Waals surface area contributed by atoms with Crippen LogP contribution in [0.4, 0.5) is 0 Å².